The number of amides is 1. The molecule has 8 heteroatoms. The van der Waals surface area contributed by atoms with Gasteiger partial charge in [0, 0.05) is 30.7 Å². The number of pyridine rings is 1. The van der Waals surface area contributed by atoms with Crippen LogP contribution in [0.15, 0.2) is 47.4 Å². The van der Waals surface area contributed by atoms with Gasteiger partial charge in [-0.2, -0.15) is 0 Å². The van der Waals surface area contributed by atoms with Gasteiger partial charge in [0.2, 0.25) is 5.91 Å². The Kier molecular flexibility index (Phi) is 5.13. The highest BCUT2D eigenvalue weighted by Gasteiger charge is 2.14. The lowest BCUT2D eigenvalue weighted by Crippen LogP contribution is -2.33. The van der Waals surface area contributed by atoms with E-state index < -0.39 is 10.5 Å². The SMILES string of the molecule is CN(Cc1cccc(Cl)c1)C(=O)Cn1cc([N+](=O)[O-])ccc1=O. The first-order valence-electron chi connectivity index (χ1n) is 6.70. The van der Waals surface area contributed by atoms with Gasteiger partial charge in [0.25, 0.3) is 11.2 Å². The van der Waals surface area contributed by atoms with Crippen LogP contribution in [0.4, 0.5) is 5.69 Å². The average Bonchev–Trinajstić information content (AvgIpc) is 2.49. The Labute approximate surface area is 136 Å². The summed E-state index contributed by atoms with van der Waals surface area (Å²) in [5.41, 5.74) is 0.134. The lowest BCUT2D eigenvalue weighted by atomic mass is 10.2. The maximum Gasteiger partial charge on any atom is 0.285 e. The first-order valence-corrected chi connectivity index (χ1v) is 7.08. The molecule has 0 unspecified atom stereocenters. The van der Waals surface area contributed by atoms with Gasteiger partial charge in [-0.05, 0) is 17.7 Å². The van der Waals surface area contributed by atoms with Crippen LogP contribution in [0.25, 0.3) is 0 Å². The molecular formula is C15H14ClN3O4. The number of benzene rings is 1. The summed E-state index contributed by atoms with van der Waals surface area (Å²) in [7, 11) is 1.59. The fourth-order valence-electron chi connectivity index (χ4n) is 2.01. The van der Waals surface area contributed by atoms with Gasteiger partial charge in [-0.25, -0.2) is 0 Å². The van der Waals surface area contributed by atoms with Crippen molar-refractivity contribution in [1.82, 2.24) is 9.47 Å². The zero-order chi connectivity index (χ0) is 17.0. The molecule has 0 fully saturated rings. The van der Waals surface area contributed by atoms with Gasteiger partial charge in [-0.3, -0.25) is 24.3 Å². The largest absolute Gasteiger partial charge is 0.340 e. The number of rotatable bonds is 5. The van der Waals surface area contributed by atoms with Gasteiger partial charge < -0.3 is 4.90 Å². The summed E-state index contributed by atoms with van der Waals surface area (Å²) < 4.78 is 1.02. The Bertz CT molecular complexity index is 803. The number of hydrogen-bond donors (Lipinski definition) is 0. The molecule has 0 bridgehead atoms. The van der Waals surface area contributed by atoms with Crippen LogP contribution in [0.2, 0.25) is 5.02 Å². The number of carbonyl (C=O) groups is 1. The average molecular weight is 336 g/mol. The van der Waals surface area contributed by atoms with Crippen molar-refractivity contribution in [3.05, 3.63) is 73.6 Å². The lowest BCUT2D eigenvalue weighted by molar-refractivity contribution is -0.385. The van der Waals surface area contributed by atoms with Crippen LogP contribution in [0.1, 0.15) is 5.56 Å². The van der Waals surface area contributed by atoms with Crippen LogP contribution in [0.5, 0.6) is 0 Å². The molecular weight excluding hydrogens is 322 g/mol. The molecule has 2 rings (SSSR count). The van der Waals surface area contributed by atoms with Crippen LogP contribution < -0.4 is 5.56 Å². The minimum Gasteiger partial charge on any atom is -0.340 e. The maximum absolute atomic E-state index is 12.2. The fraction of sp³-hybridized carbons (Fsp3) is 0.200. The molecule has 1 aromatic heterocycles. The van der Waals surface area contributed by atoms with Gasteiger partial charge in [-0.15, -0.1) is 0 Å². The predicted molar refractivity (Wildman–Crippen MR) is 85.3 cm³/mol. The quantitative estimate of drug-likeness (QED) is 0.618. The molecule has 7 nitrogen and oxygen atoms in total. The van der Waals surface area contributed by atoms with Crippen molar-refractivity contribution in [2.24, 2.45) is 0 Å². The minimum atomic E-state index is -0.615. The highest BCUT2D eigenvalue weighted by molar-refractivity contribution is 6.30. The van der Waals surface area contributed by atoms with Crippen molar-refractivity contribution in [2.75, 3.05) is 7.05 Å². The summed E-state index contributed by atoms with van der Waals surface area (Å²) in [6.07, 6.45) is 1.06. The molecule has 1 heterocycles. The van der Waals surface area contributed by atoms with Crippen LogP contribution in [0.3, 0.4) is 0 Å². The van der Waals surface area contributed by atoms with Crippen LogP contribution in [0, 0.1) is 10.1 Å². The molecule has 0 aliphatic heterocycles. The smallest absolute Gasteiger partial charge is 0.285 e. The molecule has 120 valence electrons. The van der Waals surface area contributed by atoms with E-state index in [4.69, 9.17) is 11.6 Å². The third kappa shape index (κ3) is 4.40. The molecule has 0 saturated heterocycles. The molecule has 0 N–H and O–H groups in total. The predicted octanol–water partition coefficient (Wildman–Crippen LogP) is 2.07. The third-order valence-corrected chi connectivity index (χ3v) is 3.45. The Morgan fingerprint density at radius 2 is 2.09 bits per heavy atom. The molecule has 0 spiro atoms. The zero-order valence-corrected chi connectivity index (χ0v) is 13.1. The molecule has 1 amide bonds. The van der Waals surface area contributed by atoms with Crippen LogP contribution in [-0.4, -0.2) is 27.3 Å². The summed E-state index contributed by atoms with van der Waals surface area (Å²) in [4.78, 5) is 35.5. The Morgan fingerprint density at radius 3 is 2.74 bits per heavy atom. The van der Waals surface area contributed by atoms with Gasteiger partial charge in [-0.1, -0.05) is 23.7 Å². The Morgan fingerprint density at radius 1 is 1.35 bits per heavy atom. The topological polar surface area (TPSA) is 85.4 Å². The van der Waals surface area contributed by atoms with E-state index in [2.05, 4.69) is 0 Å². The fourth-order valence-corrected chi connectivity index (χ4v) is 2.23. The molecule has 0 saturated carbocycles. The first-order chi connectivity index (χ1) is 10.9. The van der Waals surface area contributed by atoms with Gasteiger partial charge in [0.15, 0.2) is 0 Å². The van der Waals surface area contributed by atoms with E-state index in [1.54, 1.807) is 25.2 Å². The van der Waals surface area contributed by atoms with Crippen molar-refractivity contribution in [2.45, 2.75) is 13.1 Å². The van der Waals surface area contributed by atoms with E-state index in [1.165, 1.54) is 4.90 Å². The van der Waals surface area contributed by atoms with E-state index in [1.807, 2.05) is 6.07 Å². The van der Waals surface area contributed by atoms with E-state index in [0.29, 0.717) is 11.6 Å². The second kappa shape index (κ2) is 7.06. The maximum atomic E-state index is 12.2. The summed E-state index contributed by atoms with van der Waals surface area (Å²) >= 11 is 5.89. The Balaban J connectivity index is 2.11. The monoisotopic (exact) mass is 335 g/mol. The Hall–Kier alpha value is -2.67. The van der Waals surface area contributed by atoms with E-state index in [9.17, 15) is 19.7 Å². The molecule has 1 aromatic carbocycles. The van der Waals surface area contributed by atoms with Crippen molar-refractivity contribution in [3.8, 4) is 0 Å². The number of halogens is 1. The number of carbonyl (C=O) groups excluding carboxylic acids is 1. The van der Waals surface area contributed by atoms with E-state index in [0.717, 1.165) is 28.5 Å². The van der Waals surface area contributed by atoms with Gasteiger partial charge in [0.05, 0.1) is 11.1 Å². The second-order valence-corrected chi connectivity index (χ2v) is 5.43. The van der Waals surface area contributed by atoms with Crippen molar-refractivity contribution in [1.29, 1.82) is 0 Å². The summed E-state index contributed by atoms with van der Waals surface area (Å²) in [6, 6.07) is 9.26. The minimum absolute atomic E-state index is 0.241. The van der Waals surface area contributed by atoms with Crippen molar-refractivity contribution < 1.29 is 9.72 Å². The molecule has 0 radical (unpaired) electrons. The van der Waals surface area contributed by atoms with E-state index >= 15 is 0 Å². The molecule has 2 aromatic rings. The van der Waals surface area contributed by atoms with E-state index in [-0.39, 0.29) is 18.1 Å². The summed E-state index contributed by atoms with van der Waals surface area (Å²) in [6.45, 7) is 0.0562. The number of nitro groups is 1. The summed E-state index contributed by atoms with van der Waals surface area (Å²) in [5, 5.41) is 11.3. The normalized spacial score (nSPS) is 10.3. The second-order valence-electron chi connectivity index (χ2n) is 4.99. The molecule has 0 atom stereocenters. The molecule has 23 heavy (non-hydrogen) atoms. The molecule has 0 aliphatic carbocycles. The standard InChI is InChI=1S/C15H14ClN3O4/c1-17(8-11-3-2-4-12(16)7-11)15(21)10-18-9-13(19(22)23)5-6-14(18)20/h2-7,9H,8,10H2,1H3. The summed E-state index contributed by atoms with van der Waals surface area (Å²) in [5.74, 6) is -0.340. The van der Waals surface area contributed by atoms with Crippen LogP contribution >= 0.6 is 11.6 Å². The molecule has 0 aliphatic rings. The van der Waals surface area contributed by atoms with Crippen molar-refractivity contribution >= 4 is 23.2 Å². The highest BCUT2D eigenvalue weighted by Crippen LogP contribution is 2.12. The number of hydrogen-bond acceptors (Lipinski definition) is 4. The van der Waals surface area contributed by atoms with Gasteiger partial charge >= 0.3 is 0 Å². The van der Waals surface area contributed by atoms with Crippen LogP contribution in [-0.2, 0) is 17.9 Å². The zero-order valence-electron chi connectivity index (χ0n) is 12.3. The van der Waals surface area contributed by atoms with Crippen molar-refractivity contribution in [3.63, 3.8) is 0 Å². The third-order valence-electron chi connectivity index (χ3n) is 3.22. The number of aromatic nitrogens is 1. The number of nitrogens with zero attached hydrogens (tertiary/aromatic N) is 3. The van der Waals surface area contributed by atoms with Gasteiger partial charge in [0.1, 0.15) is 6.54 Å². The number of likely N-dealkylation sites (N-methyl/N-ethyl adjacent to an activating group) is 1. The lowest BCUT2D eigenvalue weighted by Gasteiger charge is -2.18. The highest BCUT2D eigenvalue weighted by atomic mass is 35.5. The first kappa shape index (κ1) is 16.7.